The van der Waals surface area contributed by atoms with Crippen molar-refractivity contribution in [1.82, 2.24) is 9.88 Å². The molecule has 6 heteroatoms. The molecule has 0 saturated heterocycles. The number of aliphatic hydroxyl groups is 1. The Morgan fingerprint density at radius 2 is 1.73 bits per heavy atom. The third-order valence-electron chi connectivity index (χ3n) is 4.49. The number of hydrogen-bond acceptors (Lipinski definition) is 6. The van der Waals surface area contributed by atoms with Gasteiger partial charge in [-0.25, -0.2) is 0 Å². The van der Waals surface area contributed by atoms with Gasteiger partial charge in [-0.15, -0.1) is 0 Å². The van der Waals surface area contributed by atoms with E-state index < -0.39 is 6.10 Å². The quantitative estimate of drug-likeness (QED) is 0.524. The molecule has 1 atom stereocenters. The van der Waals surface area contributed by atoms with Crippen molar-refractivity contribution in [2.75, 3.05) is 27.3 Å². The standard InChI is InChI=1S/C24H28N2O4/c1-26(16-21(27)18-30-24-8-5-7-23(14-24)28-2)15-19-9-11-22(12-10-19)29-17-20-6-3-4-13-25-20/h3-14,21,27H,15-18H2,1-2H3/t21-/m1/s1. The summed E-state index contributed by atoms with van der Waals surface area (Å²) in [6.07, 6.45) is 1.16. The topological polar surface area (TPSA) is 64.0 Å². The van der Waals surface area contributed by atoms with E-state index in [9.17, 15) is 5.11 Å². The summed E-state index contributed by atoms with van der Waals surface area (Å²) in [7, 11) is 3.59. The van der Waals surface area contributed by atoms with Crippen LogP contribution in [0.15, 0.2) is 72.9 Å². The van der Waals surface area contributed by atoms with Gasteiger partial charge >= 0.3 is 0 Å². The van der Waals surface area contributed by atoms with Gasteiger partial charge in [0, 0.05) is 25.4 Å². The van der Waals surface area contributed by atoms with E-state index in [-0.39, 0.29) is 6.61 Å². The van der Waals surface area contributed by atoms with E-state index in [0.29, 0.717) is 18.9 Å². The predicted octanol–water partition coefficient (Wildman–Crippen LogP) is 3.54. The Bertz CT molecular complexity index is 887. The van der Waals surface area contributed by atoms with Crippen LogP contribution in [0, 0.1) is 0 Å². The minimum atomic E-state index is -0.595. The lowest BCUT2D eigenvalue weighted by Gasteiger charge is -2.21. The molecule has 0 amide bonds. The number of likely N-dealkylation sites (N-methyl/N-ethyl adjacent to an activating group) is 1. The average molecular weight is 408 g/mol. The lowest BCUT2D eigenvalue weighted by molar-refractivity contribution is 0.0743. The van der Waals surface area contributed by atoms with Crippen LogP contribution in [0.1, 0.15) is 11.3 Å². The first-order valence-corrected chi connectivity index (χ1v) is 9.87. The van der Waals surface area contributed by atoms with Crippen molar-refractivity contribution >= 4 is 0 Å². The fraction of sp³-hybridized carbons (Fsp3) is 0.292. The fourth-order valence-electron chi connectivity index (χ4n) is 3.00. The van der Waals surface area contributed by atoms with Crippen molar-refractivity contribution in [1.29, 1.82) is 0 Å². The summed E-state index contributed by atoms with van der Waals surface area (Å²) in [6, 6.07) is 21.1. The van der Waals surface area contributed by atoms with Gasteiger partial charge in [0.15, 0.2) is 0 Å². The summed E-state index contributed by atoms with van der Waals surface area (Å²) in [4.78, 5) is 6.31. The summed E-state index contributed by atoms with van der Waals surface area (Å²) < 4.78 is 16.6. The Labute approximate surface area is 177 Å². The van der Waals surface area contributed by atoms with Gasteiger partial charge < -0.3 is 19.3 Å². The van der Waals surface area contributed by atoms with Gasteiger partial charge in [0.25, 0.3) is 0 Å². The van der Waals surface area contributed by atoms with Gasteiger partial charge in [0.2, 0.25) is 0 Å². The monoisotopic (exact) mass is 408 g/mol. The molecule has 6 nitrogen and oxygen atoms in total. The van der Waals surface area contributed by atoms with Gasteiger partial charge in [-0.05, 0) is 49.0 Å². The Morgan fingerprint density at radius 1 is 0.933 bits per heavy atom. The summed E-state index contributed by atoms with van der Waals surface area (Å²) in [5, 5.41) is 10.3. The second-order valence-electron chi connectivity index (χ2n) is 7.09. The molecular formula is C24H28N2O4. The molecule has 1 heterocycles. The summed E-state index contributed by atoms with van der Waals surface area (Å²) in [6.45, 7) is 1.88. The number of ether oxygens (including phenoxy) is 3. The first-order chi connectivity index (χ1) is 14.6. The van der Waals surface area contributed by atoms with E-state index in [4.69, 9.17) is 14.2 Å². The molecule has 0 aliphatic heterocycles. The van der Waals surface area contributed by atoms with Crippen LogP contribution in [0.3, 0.4) is 0 Å². The molecule has 0 spiro atoms. The molecule has 30 heavy (non-hydrogen) atoms. The van der Waals surface area contributed by atoms with Crippen LogP contribution in [-0.2, 0) is 13.2 Å². The lowest BCUT2D eigenvalue weighted by atomic mass is 10.2. The minimum absolute atomic E-state index is 0.220. The second-order valence-corrected chi connectivity index (χ2v) is 7.09. The Morgan fingerprint density at radius 3 is 2.47 bits per heavy atom. The molecule has 1 aromatic heterocycles. The highest BCUT2D eigenvalue weighted by molar-refractivity contribution is 5.32. The maximum atomic E-state index is 10.3. The Kier molecular flexibility index (Phi) is 8.06. The molecular weight excluding hydrogens is 380 g/mol. The molecule has 0 radical (unpaired) electrons. The van der Waals surface area contributed by atoms with E-state index in [1.165, 1.54) is 0 Å². The van der Waals surface area contributed by atoms with Crippen molar-refractivity contribution in [3.63, 3.8) is 0 Å². The van der Waals surface area contributed by atoms with Crippen LogP contribution in [0.5, 0.6) is 17.2 Å². The van der Waals surface area contributed by atoms with Crippen LogP contribution in [0.25, 0.3) is 0 Å². The number of nitrogens with zero attached hydrogens (tertiary/aromatic N) is 2. The Hall–Kier alpha value is -3.09. The summed E-state index contributed by atoms with van der Waals surface area (Å²) in [5.41, 5.74) is 2.04. The van der Waals surface area contributed by atoms with Crippen LogP contribution < -0.4 is 14.2 Å². The van der Waals surface area contributed by atoms with Crippen LogP contribution in [-0.4, -0.2) is 48.4 Å². The predicted molar refractivity (Wildman–Crippen MR) is 116 cm³/mol. The largest absolute Gasteiger partial charge is 0.497 e. The molecule has 3 rings (SSSR count). The zero-order valence-electron chi connectivity index (χ0n) is 17.4. The number of aliphatic hydroxyl groups excluding tert-OH is 1. The highest BCUT2D eigenvalue weighted by Gasteiger charge is 2.10. The molecule has 0 unspecified atom stereocenters. The first-order valence-electron chi connectivity index (χ1n) is 9.87. The second kappa shape index (κ2) is 11.2. The first kappa shape index (κ1) is 21.6. The smallest absolute Gasteiger partial charge is 0.130 e. The maximum Gasteiger partial charge on any atom is 0.130 e. The molecule has 2 aromatic carbocycles. The number of benzene rings is 2. The maximum absolute atomic E-state index is 10.3. The van der Waals surface area contributed by atoms with Gasteiger partial charge in [-0.2, -0.15) is 0 Å². The summed E-state index contributed by atoms with van der Waals surface area (Å²) in [5.74, 6) is 2.21. The molecule has 158 valence electrons. The highest BCUT2D eigenvalue weighted by Crippen LogP contribution is 2.19. The minimum Gasteiger partial charge on any atom is -0.497 e. The third-order valence-corrected chi connectivity index (χ3v) is 4.49. The lowest BCUT2D eigenvalue weighted by Crippen LogP contribution is -2.32. The molecule has 0 bridgehead atoms. The van der Waals surface area contributed by atoms with Crippen molar-refractivity contribution in [3.05, 3.63) is 84.2 Å². The molecule has 0 saturated carbocycles. The fourth-order valence-corrected chi connectivity index (χ4v) is 3.00. The number of aromatic nitrogens is 1. The van der Waals surface area contributed by atoms with E-state index in [1.54, 1.807) is 19.4 Å². The van der Waals surface area contributed by atoms with Crippen molar-refractivity contribution in [2.45, 2.75) is 19.3 Å². The van der Waals surface area contributed by atoms with Gasteiger partial charge in [-0.3, -0.25) is 9.88 Å². The Balaban J connectivity index is 1.40. The number of pyridine rings is 1. The average Bonchev–Trinajstić information content (AvgIpc) is 2.78. The number of hydrogen-bond donors (Lipinski definition) is 1. The van der Waals surface area contributed by atoms with Crippen LogP contribution in [0.2, 0.25) is 0 Å². The van der Waals surface area contributed by atoms with E-state index >= 15 is 0 Å². The van der Waals surface area contributed by atoms with Crippen molar-refractivity contribution in [2.24, 2.45) is 0 Å². The normalized spacial score (nSPS) is 11.9. The van der Waals surface area contributed by atoms with Crippen molar-refractivity contribution in [3.8, 4) is 17.2 Å². The third kappa shape index (κ3) is 7.06. The SMILES string of the molecule is COc1cccc(OC[C@H](O)CN(C)Cc2ccc(OCc3ccccn3)cc2)c1. The number of methoxy groups -OCH3 is 1. The molecule has 0 fully saturated rings. The van der Waals surface area contributed by atoms with E-state index in [0.717, 1.165) is 29.3 Å². The molecule has 0 aliphatic rings. The highest BCUT2D eigenvalue weighted by atomic mass is 16.5. The zero-order chi connectivity index (χ0) is 21.2. The zero-order valence-corrected chi connectivity index (χ0v) is 17.4. The van der Waals surface area contributed by atoms with Gasteiger partial charge in [0.1, 0.15) is 36.6 Å². The molecule has 0 aliphatic carbocycles. The summed E-state index contributed by atoms with van der Waals surface area (Å²) >= 11 is 0. The molecule has 3 aromatic rings. The van der Waals surface area contributed by atoms with E-state index in [2.05, 4.69) is 9.88 Å². The molecule has 1 N–H and O–H groups in total. The van der Waals surface area contributed by atoms with Crippen LogP contribution >= 0.6 is 0 Å². The number of rotatable bonds is 11. The van der Waals surface area contributed by atoms with Crippen LogP contribution in [0.4, 0.5) is 0 Å². The van der Waals surface area contributed by atoms with E-state index in [1.807, 2.05) is 67.7 Å². The van der Waals surface area contributed by atoms with Gasteiger partial charge in [0.05, 0.1) is 12.8 Å². The van der Waals surface area contributed by atoms with Gasteiger partial charge in [-0.1, -0.05) is 24.3 Å². The van der Waals surface area contributed by atoms with Crippen molar-refractivity contribution < 1.29 is 19.3 Å².